The lowest BCUT2D eigenvalue weighted by Gasteiger charge is -2.41. The lowest BCUT2D eigenvalue weighted by Crippen LogP contribution is -2.58. The first kappa shape index (κ1) is 14.2. The van der Waals surface area contributed by atoms with E-state index in [0.717, 1.165) is 0 Å². The Balaban J connectivity index is 3.19. The van der Waals surface area contributed by atoms with Crippen LogP contribution in [0.3, 0.4) is 0 Å². The molecule has 0 aromatic heterocycles. The summed E-state index contributed by atoms with van der Waals surface area (Å²) < 4.78 is 36.8. The van der Waals surface area contributed by atoms with E-state index in [4.69, 9.17) is 40.5 Å². The Hall–Kier alpha value is 1.09. The molecule has 0 bridgehead atoms. The van der Waals surface area contributed by atoms with Crippen LogP contribution in [-0.2, 0) is 0 Å². The summed E-state index contributed by atoms with van der Waals surface area (Å²) in [6, 6.07) is -1.34. The van der Waals surface area contributed by atoms with Gasteiger partial charge in [-0.1, -0.05) is 23.2 Å². The van der Waals surface area contributed by atoms with Gasteiger partial charge in [0.15, 0.2) is 4.87 Å². The summed E-state index contributed by atoms with van der Waals surface area (Å²) in [6.07, 6.45) is -4.04. The molecule has 0 fully saturated rings. The molecule has 0 aromatic carbocycles. The van der Waals surface area contributed by atoms with E-state index in [9.17, 15) is 13.2 Å². The Labute approximate surface area is 113 Å². The highest BCUT2D eigenvalue weighted by Crippen LogP contribution is 2.52. The van der Waals surface area contributed by atoms with Crippen molar-refractivity contribution in [1.82, 2.24) is 0 Å². The van der Waals surface area contributed by atoms with Crippen molar-refractivity contribution < 1.29 is 13.2 Å². The minimum atomic E-state index is -4.66. The average molecular weight is 394 g/mol. The first-order valence-corrected chi connectivity index (χ1v) is 5.98. The van der Waals surface area contributed by atoms with Crippen LogP contribution in [0.15, 0.2) is 9.66 Å². The van der Waals surface area contributed by atoms with Gasteiger partial charge >= 0.3 is 6.18 Å². The second kappa shape index (κ2) is 4.08. The summed E-state index contributed by atoms with van der Waals surface area (Å²) in [6.45, 7) is 0. The van der Waals surface area contributed by atoms with E-state index >= 15 is 0 Å². The molecule has 8 heteroatoms. The highest BCUT2D eigenvalue weighted by atomic mass is 127. The molecule has 1 rings (SSSR count). The van der Waals surface area contributed by atoms with Crippen LogP contribution in [0, 0.1) is 0 Å². The molecule has 0 aliphatic heterocycles. The fraction of sp³-hybridized carbons (Fsp3) is 0.714. The zero-order valence-corrected chi connectivity index (χ0v) is 11.5. The Kier molecular flexibility index (Phi) is 3.85. The van der Waals surface area contributed by atoms with E-state index in [1.807, 2.05) is 0 Å². The highest BCUT2D eigenvalue weighted by Gasteiger charge is 2.62. The van der Waals surface area contributed by atoms with Gasteiger partial charge in [-0.2, -0.15) is 13.2 Å². The van der Waals surface area contributed by atoms with Gasteiger partial charge in [0.25, 0.3) is 0 Å². The minimum Gasteiger partial charge on any atom is -0.322 e. The van der Waals surface area contributed by atoms with Crippen LogP contribution in [0.25, 0.3) is 0 Å². The molecule has 2 unspecified atom stereocenters. The van der Waals surface area contributed by atoms with Crippen LogP contribution in [-0.4, -0.2) is 21.4 Å². The lowest BCUT2D eigenvalue weighted by atomic mass is 9.88. The summed E-state index contributed by atoms with van der Waals surface area (Å²) in [5.41, 5.74) is 5.42. The van der Waals surface area contributed by atoms with Crippen molar-refractivity contribution in [3.63, 3.8) is 0 Å². The smallest absolute Gasteiger partial charge is 0.322 e. The molecular formula is C7H6Cl3F3IN. The Morgan fingerprint density at radius 3 is 2.27 bits per heavy atom. The van der Waals surface area contributed by atoms with Crippen molar-refractivity contribution in [3.05, 3.63) is 9.66 Å². The quantitative estimate of drug-likeness (QED) is 0.492. The van der Waals surface area contributed by atoms with Gasteiger partial charge in [-0.3, -0.25) is 0 Å². The number of nitrogens with two attached hydrogens (primary N) is 1. The van der Waals surface area contributed by atoms with Crippen LogP contribution in [0.2, 0.25) is 0 Å². The van der Waals surface area contributed by atoms with E-state index in [1.54, 1.807) is 22.6 Å². The SMILES string of the molecule is NC1C(I)=CC(Cl)(Cl)CC1(Cl)C(F)(F)F. The summed E-state index contributed by atoms with van der Waals surface area (Å²) in [4.78, 5) is -2.61. The molecule has 0 aromatic rings. The second-order valence-corrected chi connectivity index (χ2v) is 6.77. The fourth-order valence-electron chi connectivity index (χ4n) is 1.29. The summed E-state index contributed by atoms with van der Waals surface area (Å²) >= 11 is 18.5. The topological polar surface area (TPSA) is 26.0 Å². The number of halogens is 7. The normalized spacial score (nSPS) is 36.3. The van der Waals surface area contributed by atoms with E-state index in [-0.39, 0.29) is 3.58 Å². The van der Waals surface area contributed by atoms with Crippen LogP contribution in [0.4, 0.5) is 13.2 Å². The first-order chi connectivity index (χ1) is 6.50. The Morgan fingerprint density at radius 2 is 1.87 bits per heavy atom. The fourth-order valence-corrected chi connectivity index (χ4v) is 4.03. The van der Waals surface area contributed by atoms with Crippen LogP contribution in [0.5, 0.6) is 0 Å². The third-order valence-electron chi connectivity index (χ3n) is 2.10. The van der Waals surface area contributed by atoms with E-state index in [2.05, 4.69) is 0 Å². The summed E-state index contributed by atoms with van der Waals surface area (Å²) in [5, 5.41) is 0. The lowest BCUT2D eigenvalue weighted by molar-refractivity contribution is -0.167. The average Bonchev–Trinajstić information content (AvgIpc) is 1.96. The van der Waals surface area contributed by atoms with Crippen LogP contribution in [0.1, 0.15) is 6.42 Å². The van der Waals surface area contributed by atoms with Gasteiger partial charge in [-0.25, -0.2) is 0 Å². The first-order valence-electron chi connectivity index (χ1n) is 3.77. The summed E-state index contributed by atoms with van der Waals surface area (Å²) in [7, 11) is 0. The second-order valence-electron chi connectivity index (χ2n) is 3.30. The van der Waals surface area contributed by atoms with Gasteiger partial charge in [-0.05, 0) is 28.7 Å². The van der Waals surface area contributed by atoms with Gasteiger partial charge in [0, 0.05) is 10.0 Å². The van der Waals surface area contributed by atoms with Crippen molar-refractivity contribution in [2.45, 2.75) is 27.8 Å². The highest BCUT2D eigenvalue weighted by molar-refractivity contribution is 14.1. The van der Waals surface area contributed by atoms with Crippen molar-refractivity contribution in [1.29, 1.82) is 0 Å². The van der Waals surface area contributed by atoms with Crippen molar-refractivity contribution in [3.8, 4) is 0 Å². The number of hydrogen-bond donors (Lipinski definition) is 1. The molecule has 2 atom stereocenters. The predicted molar refractivity (Wildman–Crippen MR) is 63.8 cm³/mol. The molecule has 0 heterocycles. The van der Waals surface area contributed by atoms with Crippen molar-refractivity contribution in [2.75, 3.05) is 0 Å². The molecule has 88 valence electrons. The maximum absolute atomic E-state index is 12.7. The monoisotopic (exact) mass is 393 g/mol. The zero-order valence-electron chi connectivity index (χ0n) is 7.08. The number of rotatable bonds is 0. The molecule has 2 N–H and O–H groups in total. The molecule has 1 aliphatic carbocycles. The Bertz CT molecular complexity index is 304. The molecule has 0 spiro atoms. The van der Waals surface area contributed by atoms with E-state index < -0.39 is 27.8 Å². The predicted octanol–water partition coefficient (Wildman–Crippen LogP) is 3.75. The molecule has 0 amide bonds. The Morgan fingerprint density at radius 1 is 1.40 bits per heavy atom. The van der Waals surface area contributed by atoms with Crippen LogP contribution < -0.4 is 5.73 Å². The summed E-state index contributed by atoms with van der Waals surface area (Å²) in [5.74, 6) is 0. The molecular weight excluding hydrogens is 388 g/mol. The largest absolute Gasteiger partial charge is 0.409 e. The third kappa shape index (κ3) is 2.68. The molecule has 0 radical (unpaired) electrons. The minimum absolute atomic E-state index is 0.205. The molecule has 0 saturated heterocycles. The number of allylic oxidation sites excluding steroid dienone is 1. The molecule has 0 saturated carbocycles. The third-order valence-corrected chi connectivity index (χ3v) is 4.15. The number of alkyl halides is 6. The number of hydrogen-bond acceptors (Lipinski definition) is 1. The maximum atomic E-state index is 12.7. The van der Waals surface area contributed by atoms with E-state index in [0.29, 0.717) is 0 Å². The van der Waals surface area contributed by atoms with Gasteiger partial charge in [0.05, 0.1) is 6.04 Å². The van der Waals surface area contributed by atoms with E-state index in [1.165, 1.54) is 6.08 Å². The van der Waals surface area contributed by atoms with Crippen molar-refractivity contribution in [2.24, 2.45) is 5.73 Å². The standard InChI is InChI=1S/C7H6Cl3F3IN/c8-5(9)1-3(14)4(15)6(10,2-5)7(11,12)13/h1,4H,2,15H2. The molecule has 15 heavy (non-hydrogen) atoms. The maximum Gasteiger partial charge on any atom is 0.409 e. The van der Waals surface area contributed by atoms with Gasteiger partial charge in [-0.15, -0.1) is 11.6 Å². The zero-order chi connectivity index (χ0) is 12.1. The van der Waals surface area contributed by atoms with Crippen molar-refractivity contribution >= 4 is 57.4 Å². The van der Waals surface area contributed by atoms with Gasteiger partial charge in [0.1, 0.15) is 4.33 Å². The van der Waals surface area contributed by atoms with Gasteiger partial charge < -0.3 is 5.73 Å². The van der Waals surface area contributed by atoms with Gasteiger partial charge in [0.2, 0.25) is 0 Å². The molecule has 1 nitrogen and oxygen atoms in total. The molecule has 1 aliphatic rings. The van der Waals surface area contributed by atoms with Crippen LogP contribution >= 0.6 is 57.4 Å².